The summed E-state index contributed by atoms with van der Waals surface area (Å²) in [6, 6.07) is 4.61. The van der Waals surface area contributed by atoms with Crippen LogP contribution in [-0.2, 0) is 9.59 Å². The van der Waals surface area contributed by atoms with Gasteiger partial charge in [0.15, 0.2) is 0 Å². The van der Waals surface area contributed by atoms with Crippen molar-refractivity contribution in [2.24, 2.45) is 0 Å². The molecular formula is C21H31F3N4O3. The number of halogens is 3. The summed E-state index contributed by atoms with van der Waals surface area (Å²) in [5, 5.41) is 5.68. The molecule has 1 fully saturated rings. The summed E-state index contributed by atoms with van der Waals surface area (Å²) >= 11 is 0. The second kappa shape index (κ2) is 10.3. The topological polar surface area (TPSA) is 73.9 Å². The van der Waals surface area contributed by atoms with E-state index in [1.54, 1.807) is 6.92 Å². The monoisotopic (exact) mass is 444 g/mol. The summed E-state index contributed by atoms with van der Waals surface area (Å²) in [4.78, 5) is 28.9. The first-order valence-electron chi connectivity index (χ1n) is 10.3. The third-order valence-corrected chi connectivity index (χ3v) is 4.79. The minimum absolute atomic E-state index is 0.0234. The molecule has 0 spiro atoms. The standard InChI is InChI=1S/C21H31F3N4O3/c1-15(19(30)25-16-6-8-17(9-7-16)31-21(22,23)24)28-11-5-10-27(12-13-28)14-18(29)26-20(2,3)4/h6-9,15H,5,10-14H2,1-4H3,(H,25,30)(H,26,29). The number of carbonyl (C=O) groups excluding carboxylic acids is 2. The molecule has 174 valence electrons. The highest BCUT2D eigenvalue weighted by Crippen LogP contribution is 2.24. The number of nitrogens with zero attached hydrogens (tertiary/aromatic N) is 2. The maximum atomic E-state index is 12.6. The molecule has 10 heteroatoms. The van der Waals surface area contributed by atoms with Gasteiger partial charge in [-0.25, -0.2) is 0 Å². The highest BCUT2D eigenvalue weighted by Gasteiger charge is 2.31. The van der Waals surface area contributed by atoms with Crippen molar-refractivity contribution in [1.29, 1.82) is 0 Å². The van der Waals surface area contributed by atoms with E-state index in [0.717, 1.165) is 25.1 Å². The van der Waals surface area contributed by atoms with E-state index in [2.05, 4.69) is 20.3 Å². The average molecular weight is 444 g/mol. The third kappa shape index (κ3) is 9.14. The van der Waals surface area contributed by atoms with Crippen molar-refractivity contribution < 1.29 is 27.5 Å². The van der Waals surface area contributed by atoms with E-state index >= 15 is 0 Å². The lowest BCUT2D eigenvalue weighted by Crippen LogP contribution is -2.47. The highest BCUT2D eigenvalue weighted by molar-refractivity contribution is 5.94. The van der Waals surface area contributed by atoms with E-state index in [0.29, 0.717) is 31.9 Å². The SMILES string of the molecule is CC(C(=O)Nc1ccc(OC(F)(F)F)cc1)N1CCCN(CC(=O)NC(C)(C)C)CC1. The quantitative estimate of drug-likeness (QED) is 0.706. The average Bonchev–Trinajstić information content (AvgIpc) is 2.85. The van der Waals surface area contributed by atoms with Crippen molar-refractivity contribution >= 4 is 17.5 Å². The molecule has 0 aromatic heterocycles. The van der Waals surface area contributed by atoms with Crippen LogP contribution >= 0.6 is 0 Å². The second-order valence-corrected chi connectivity index (χ2v) is 8.70. The van der Waals surface area contributed by atoms with Crippen molar-refractivity contribution in [3.63, 3.8) is 0 Å². The van der Waals surface area contributed by atoms with Crippen LogP contribution in [0.5, 0.6) is 5.75 Å². The van der Waals surface area contributed by atoms with E-state index in [-0.39, 0.29) is 23.1 Å². The van der Waals surface area contributed by atoms with Gasteiger partial charge in [-0.2, -0.15) is 0 Å². The van der Waals surface area contributed by atoms with E-state index in [4.69, 9.17) is 0 Å². The number of anilines is 1. The predicted octanol–water partition coefficient (Wildman–Crippen LogP) is 2.83. The molecule has 1 aromatic rings. The summed E-state index contributed by atoms with van der Waals surface area (Å²) < 4.78 is 40.6. The molecule has 0 bridgehead atoms. The third-order valence-electron chi connectivity index (χ3n) is 4.79. The van der Waals surface area contributed by atoms with Crippen LogP contribution in [0.2, 0.25) is 0 Å². The van der Waals surface area contributed by atoms with Gasteiger partial charge >= 0.3 is 6.36 Å². The number of carbonyl (C=O) groups is 2. The van der Waals surface area contributed by atoms with Crippen molar-refractivity contribution in [2.75, 3.05) is 38.0 Å². The molecule has 0 radical (unpaired) electrons. The van der Waals surface area contributed by atoms with E-state index in [1.807, 2.05) is 25.7 Å². The zero-order valence-electron chi connectivity index (χ0n) is 18.4. The summed E-state index contributed by atoms with van der Waals surface area (Å²) in [5.74, 6) is -0.616. The fraction of sp³-hybridized carbons (Fsp3) is 0.619. The van der Waals surface area contributed by atoms with Gasteiger partial charge in [0, 0.05) is 30.9 Å². The van der Waals surface area contributed by atoms with Gasteiger partial charge in [0.2, 0.25) is 11.8 Å². The van der Waals surface area contributed by atoms with Crippen LogP contribution in [0.3, 0.4) is 0 Å². The predicted molar refractivity (Wildman–Crippen MR) is 112 cm³/mol. The number of rotatable bonds is 6. The van der Waals surface area contributed by atoms with E-state index in [1.165, 1.54) is 12.1 Å². The van der Waals surface area contributed by atoms with Gasteiger partial charge in [0.25, 0.3) is 0 Å². The summed E-state index contributed by atoms with van der Waals surface area (Å²) in [5.41, 5.74) is 0.111. The minimum Gasteiger partial charge on any atom is -0.406 e. The van der Waals surface area contributed by atoms with Gasteiger partial charge in [-0.15, -0.1) is 13.2 Å². The van der Waals surface area contributed by atoms with Crippen molar-refractivity contribution in [2.45, 2.75) is 52.1 Å². The number of amides is 2. The zero-order chi connectivity index (χ0) is 23.2. The Labute approximate surface area is 180 Å². The molecule has 31 heavy (non-hydrogen) atoms. The lowest BCUT2D eigenvalue weighted by atomic mass is 10.1. The Hall–Kier alpha value is -2.33. The lowest BCUT2D eigenvalue weighted by molar-refractivity contribution is -0.274. The van der Waals surface area contributed by atoms with Gasteiger partial charge in [-0.3, -0.25) is 19.4 Å². The first-order chi connectivity index (χ1) is 14.3. The zero-order valence-corrected chi connectivity index (χ0v) is 18.4. The summed E-state index contributed by atoms with van der Waals surface area (Å²) in [6.45, 7) is 10.7. The summed E-state index contributed by atoms with van der Waals surface area (Å²) in [6.07, 6.45) is -3.93. The summed E-state index contributed by atoms with van der Waals surface area (Å²) in [7, 11) is 0. The molecule has 1 unspecified atom stereocenters. The Kier molecular flexibility index (Phi) is 8.30. The molecule has 1 aromatic carbocycles. The van der Waals surface area contributed by atoms with Crippen LogP contribution in [0, 0.1) is 0 Å². The normalized spacial score (nSPS) is 17.5. The van der Waals surface area contributed by atoms with Crippen molar-refractivity contribution in [1.82, 2.24) is 15.1 Å². The fourth-order valence-electron chi connectivity index (χ4n) is 3.35. The number of ether oxygens (including phenoxy) is 1. The Morgan fingerprint density at radius 1 is 1.06 bits per heavy atom. The van der Waals surface area contributed by atoms with Crippen LogP contribution in [0.25, 0.3) is 0 Å². The lowest BCUT2D eigenvalue weighted by Gasteiger charge is -2.27. The first-order valence-corrected chi connectivity index (χ1v) is 10.3. The van der Waals surface area contributed by atoms with Crippen LogP contribution < -0.4 is 15.4 Å². The second-order valence-electron chi connectivity index (χ2n) is 8.70. The molecule has 1 saturated heterocycles. The number of benzene rings is 1. The maximum Gasteiger partial charge on any atom is 0.573 e. The molecular weight excluding hydrogens is 413 g/mol. The van der Waals surface area contributed by atoms with Crippen molar-refractivity contribution in [3.05, 3.63) is 24.3 Å². The first kappa shape index (κ1) is 24.9. The van der Waals surface area contributed by atoms with E-state index in [9.17, 15) is 22.8 Å². The molecule has 7 nitrogen and oxygen atoms in total. The Balaban J connectivity index is 1.85. The van der Waals surface area contributed by atoms with E-state index < -0.39 is 12.4 Å². The Bertz CT molecular complexity index is 748. The van der Waals surface area contributed by atoms with Gasteiger partial charge < -0.3 is 15.4 Å². The number of nitrogens with one attached hydrogen (secondary N) is 2. The molecule has 1 aliphatic rings. The maximum absolute atomic E-state index is 12.6. The van der Waals surface area contributed by atoms with Crippen LogP contribution in [0.1, 0.15) is 34.1 Å². The van der Waals surface area contributed by atoms with Crippen LogP contribution in [0.15, 0.2) is 24.3 Å². The molecule has 0 saturated carbocycles. The number of hydrogen-bond donors (Lipinski definition) is 2. The fourth-order valence-corrected chi connectivity index (χ4v) is 3.35. The van der Waals surface area contributed by atoms with Gasteiger partial charge in [0.1, 0.15) is 5.75 Å². The molecule has 1 atom stereocenters. The van der Waals surface area contributed by atoms with Gasteiger partial charge in [-0.1, -0.05) is 0 Å². The Morgan fingerprint density at radius 2 is 1.71 bits per heavy atom. The van der Waals surface area contributed by atoms with Gasteiger partial charge in [0.05, 0.1) is 12.6 Å². The number of hydrogen-bond acceptors (Lipinski definition) is 5. The van der Waals surface area contributed by atoms with Crippen LogP contribution in [0.4, 0.5) is 18.9 Å². The molecule has 2 amide bonds. The Morgan fingerprint density at radius 3 is 2.29 bits per heavy atom. The minimum atomic E-state index is -4.76. The molecule has 0 aliphatic carbocycles. The molecule has 1 aliphatic heterocycles. The largest absolute Gasteiger partial charge is 0.573 e. The highest BCUT2D eigenvalue weighted by atomic mass is 19.4. The smallest absolute Gasteiger partial charge is 0.406 e. The van der Waals surface area contributed by atoms with Crippen LogP contribution in [-0.4, -0.2) is 72.3 Å². The molecule has 1 heterocycles. The number of alkyl halides is 3. The van der Waals surface area contributed by atoms with Crippen molar-refractivity contribution in [3.8, 4) is 5.75 Å². The molecule has 2 N–H and O–H groups in total. The van der Waals surface area contributed by atoms with Gasteiger partial charge in [-0.05, 0) is 64.9 Å². The molecule has 2 rings (SSSR count).